The number of nitrogens with zero attached hydrogens (tertiary/aromatic N) is 1. The molecule has 1 aromatic heterocycles. The van der Waals surface area contributed by atoms with Crippen LogP contribution >= 0.6 is 15.9 Å². The van der Waals surface area contributed by atoms with Gasteiger partial charge in [0, 0.05) is 11.5 Å². The first kappa shape index (κ1) is 11.3. The van der Waals surface area contributed by atoms with Crippen molar-refractivity contribution in [3.63, 3.8) is 0 Å². The second-order valence-electron chi connectivity index (χ2n) is 2.45. The number of alkyl halides is 3. The van der Waals surface area contributed by atoms with Crippen LogP contribution in [0.1, 0.15) is 17.6 Å². The molecule has 0 aromatic carbocycles. The molecule has 2 nitrogen and oxygen atoms in total. The van der Waals surface area contributed by atoms with Gasteiger partial charge in [-0.1, -0.05) is 15.9 Å². The maximum absolute atomic E-state index is 13.0. The lowest BCUT2D eigenvalue weighted by Crippen LogP contribution is -2.01. The molecule has 0 aliphatic heterocycles. The summed E-state index contributed by atoms with van der Waals surface area (Å²) in [5.41, 5.74) is -0.395. The summed E-state index contributed by atoms with van der Waals surface area (Å²) in [6.45, 7) is 0. The van der Waals surface area contributed by atoms with Crippen LogP contribution in [0, 0.1) is 5.95 Å². The van der Waals surface area contributed by atoms with Crippen LogP contribution in [0.5, 0.6) is 5.75 Å². The predicted octanol–water partition coefficient (Wildman–Crippen LogP) is 3.06. The molecule has 6 heteroatoms. The molecular formula is C8H7BrF3NO. The molecule has 0 aliphatic rings. The highest BCUT2D eigenvalue weighted by Gasteiger charge is 2.20. The van der Waals surface area contributed by atoms with E-state index in [4.69, 9.17) is 4.74 Å². The van der Waals surface area contributed by atoms with E-state index < -0.39 is 17.9 Å². The number of methoxy groups -OCH3 is 1. The Kier molecular flexibility index (Phi) is 3.74. The van der Waals surface area contributed by atoms with Gasteiger partial charge in [-0.05, 0) is 0 Å². The molecule has 0 bridgehead atoms. The summed E-state index contributed by atoms with van der Waals surface area (Å²) in [5.74, 6) is -0.951. The average molecular weight is 270 g/mol. The molecule has 0 unspecified atom stereocenters. The zero-order chi connectivity index (χ0) is 10.7. The van der Waals surface area contributed by atoms with Crippen LogP contribution in [-0.4, -0.2) is 12.1 Å². The summed E-state index contributed by atoms with van der Waals surface area (Å²) in [5, 5.41) is 0.0789. The van der Waals surface area contributed by atoms with Crippen molar-refractivity contribution in [2.75, 3.05) is 7.11 Å². The number of rotatable bonds is 3. The molecule has 0 saturated heterocycles. The van der Waals surface area contributed by atoms with Crippen LogP contribution in [-0.2, 0) is 5.33 Å². The molecule has 0 radical (unpaired) electrons. The van der Waals surface area contributed by atoms with Gasteiger partial charge in [-0.3, -0.25) is 0 Å². The first-order chi connectivity index (χ1) is 6.61. The van der Waals surface area contributed by atoms with Gasteiger partial charge in [-0.25, -0.2) is 13.8 Å². The van der Waals surface area contributed by atoms with E-state index in [1.807, 2.05) is 0 Å². The molecule has 0 fully saturated rings. The Labute approximate surface area is 87.2 Å². The third-order valence-electron chi connectivity index (χ3n) is 1.68. The van der Waals surface area contributed by atoms with Gasteiger partial charge in [0.1, 0.15) is 5.75 Å². The summed E-state index contributed by atoms with van der Waals surface area (Å²) in [7, 11) is 1.22. The monoisotopic (exact) mass is 269 g/mol. The highest BCUT2D eigenvalue weighted by molar-refractivity contribution is 9.08. The summed E-state index contributed by atoms with van der Waals surface area (Å²) in [6, 6.07) is 0. The fourth-order valence-electron chi connectivity index (χ4n) is 1.04. The van der Waals surface area contributed by atoms with E-state index >= 15 is 0 Å². The molecule has 0 saturated carbocycles. The maximum atomic E-state index is 13.0. The summed E-state index contributed by atoms with van der Waals surface area (Å²) in [4.78, 5) is 3.22. The Morgan fingerprint density at radius 1 is 1.57 bits per heavy atom. The quantitative estimate of drug-likeness (QED) is 0.622. The molecule has 14 heavy (non-hydrogen) atoms. The van der Waals surface area contributed by atoms with Gasteiger partial charge in [0.15, 0.2) is 0 Å². The number of ether oxygens (including phenoxy) is 1. The van der Waals surface area contributed by atoms with Crippen LogP contribution < -0.4 is 4.74 Å². The molecule has 0 aliphatic carbocycles. The third kappa shape index (κ3) is 2.00. The van der Waals surface area contributed by atoms with Crippen LogP contribution in [0.25, 0.3) is 0 Å². The molecule has 1 rings (SSSR count). The SMILES string of the molecule is COc1c(C(F)F)cnc(F)c1CBr. The summed E-state index contributed by atoms with van der Waals surface area (Å²) < 4.78 is 42.5. The van der Waals surface area contributed by atoms with E-state index in [1.165, 1.54) is 7.11 Å². The molecule has 1 aromatic rings. The van der Waals surface area contributed by atoms with Gasteiger partial charge < -0.3 is 4.74 Å². The number of halogens is 4. The molecule has 1 heterocycles. The van der Waals surface area contributed by atoms with Crippen molar-refractivity contribution in [3.8, 4) is 5.75 Å². The van der Waals surface area contributed by atoms with Crippen molar-refractivity contribution < 1.29 is 17.9 Å². The minimum atomic E-state index is -2.73. The van der Waals surface area contributed by atoms with Crippen LogP contribution in [0.3, 0.4) is 0 Å². The molecule has 0 N–H and O–H groups in total. The minimum absolute atomic E-state index is 0.00491. The number of hydrogen-bond donors (Lipinski definition) is 0. The lowest BCUT2D eigenvalue weighted by Gasteiger charge is -2.11. The van der Waals surface area contributed by atoms with Crippen molar-refractivity contribution in [2.45, 2.75) is 11.8 Å². The Morgan fingerprint density at radius 3 is 2.64 bits per heavy atom. The molecule has 0 amide bonds. The van der Waals surface area contributed by atoms with E-state index in [9.17, 15) is 13.2 Å². The topological polar surface area (TPSA) is 22.1 Å². The van der Waals surface area contributed by atoms with E-state index in [0.29, 0.717) is 0 Å². The molecule has 78 valence electrons. The predicted molar refractivity (Wildman–Crippen MR) is 48.3 cm³/mol. The van der Waals surface area contributed by atoms with Crippen LogP contribution in [0.4, 0.5) is 13.2 Å². The van der Waals surface area contributed by atoms with E-state index in [0.717, 1.165) is 6.20 Å². The lowest BCUT2D eigenvalue weighted by atomic mass is 10.2. The molecule has 0 atom stereocenters. The van der Waals surface area contributed by atoms with Gasteiger partial charge in [0.05, 0.1) is 18.2 Å². The fourth-order valence-corrected chi connectivity index (χ4v) is 1.53. The second-order valence-corrected chi connectivity index (χ2v) is 3.01. The third-order valence-corrected chi connectivity index (χ3v) is 2.24. The Bertz CT molecular complexity index is 333. The first-order valence-corrected chi connectivity index (χ1v) is 4.79. The Hall–Kier alpha value is -0.780. The van der Waals surface area contributed by atoms with E-state index in [-0.39, 0.29) is 16.6 Å². The number of hydrogen-bond acceptors (Lipinski definition) is 2. The van der Waals surface area contributed by atoms with Crippen molar-refractivity contribution in [2.24, 2.45) is 0 Å². The standard InChI is InChI=1S/C8H7BrF3NO/c1-14-6-4(2-9)8(12)13-3-5(6)7(10)11/h3,7H,2H2,1H3. The van der Waals surface area contributed by atoms with Gasteiger partial charge in [-0.2, -0.15) is 4.39 Å². The largest absolute Gasteiger partial charge is 0.496 e. The van der Waals surface area contributed by atoms with Gasteiger partial charge in [0.25, 0.3) is 6.43 Å². The second kappa shape index (κ2) is 4.63. The van der Waals surface area contributed by atoms with Crippen molar-refractivity contribution in [1.82, 2.24) is 4.98 Å². The minimum Gasteiger partial charge on any atom is -0.496 e. The van der Waals surface area contributed by atoms with Gasteiger partial charge >= 0.3 is 0 Å². The summed E-state index contributed by atoms with van der Waals surface area (Å²) >= 11 is 2.98. The number of pyridine rings is 1. The van der Waals surface area contributed by atoms with E-state index in [2.05, 4.69) is 20.9 Å². The Balaban J connectivity index is 3.33. The van der Waals surface area contributed by atoms with Crippen LogP contribution in [0.15, 0.2) is 6.20 Å². The van der Waals surface area contributed by atoms with Crippen LogP contribution in [0.2, 0.25) is 0 Å². The maximum Gasteiger partial charge on any atom is 0.268 e. The highest BCUT2D eigenvalue weighted by Crippen LogP contribution is 2.33. The van der Waals surface area contributed by atoms with Gasteiger partial charge in [0.2, 0.25) is 5.95 Å². The van der Waals surface area contributed by atoms with Crippen molar-refractivity contribution in [3.05, 3.63) is 23.3 Å². The van der Waals surface area contributed by atoms with E-state index in [1.54, 1.807) is 0 Å². The fraction of sp³-hybridized carbons (Fsp3) is 0.375. The normalized spacial score (nSPS) is 10.7. The zero-order valence-electron chi connectivity index (χ0n) is 7.23. The van der Waals surface area contributed by atoms with Gasteiger partial charge in [-0.15, -0.1) is 0 Å². The lowest BCUT2D eigenvalue weighted by molar-refractivity contribution is 0.146. The van der Waals surface area contributed by atoms with Crippen molar-refractivity contribution in [1.29, 1.82) is 0 Å². The number of aromatic nitrogens is 1. The summed E-state index contributed by atoms with van der Waals surface area (Å²) in [6.07, 6.45) is -1.94. The molecular weight excluding hydrogens is 263 g/mol. The van der Waals surface area contributed by atoms with Crippen molar-refractivity contribution >= 4 is 15.9 Å². The first-order valence-electron chi connectivity index (χ1n) is 3.67. The highest BCUT2D eigenvalue weighted by atomic mass is 79.9. The Morgan fingerprint density at radius 2 is 2.21 bits per heavy atom. The average Bonchev–Trinajstić information content (AvgIpc) is 2.16. The smallest absolute Gasteiger partial charge is 0.268 e. The zero-order valence-corrected chi connectivity index (χ0v) is 8.82. The molecule has 0 spiro atoms.